The van der Waals surface area contributed by atoms with Crippen LogP contribution in [0.1, 0.15) is 24.5 Å². The molecular formula is C28H31N3O2. The van der Waals surface area contributed by atoms with Crippen LogP contribution < -0.4 is 0 Å². The summed E-state index contributed by atoms with van der Waals surface area (Å²) in [6, 6.07) is 22.4. The molecule has 170 valence electrons. The molecule has 0 saturated carbocycles. The number of benzene rings is 2. The van der Waals surface area contributed by atoms with Crippen molar-refractivity contribution in [1.29, 1.82) is 0 Å². The molecule has 33 heavy (non-hydrogen) atoms. The molecule has 0 spiro atoms. The quantitative estimate of drug-likeness (QED) is 0.551. The lowest BCUT2D eigenvalue weighted by Crippen LogP contribution is -2.38. The average molecular weight is 442 g/mol. The summed E-state index contributed by atoms with van der Waals surface area (Å²) in [5.74, 6) is 0.00546. The van der Waals surface area contributed by atoms with Crippen molar-refractivity contribution < 1.29 is 9.59 Å². The molecule has 3 aromatic rings. The molecule has 5 heteroatoms. The normalized spacial score (nSPS) is 16.5. The van der Waals surface area contributed by atoms with E-state index in [0.717, 1.165) is 22.3 Å². The zero-order chi connectivity index (χ0) is 23.0. The number of carbonyl (C=O) groups is 2. The Morgan fingerprint density at radius 1 is 0.970 bits per heavy atom. The Kier molecular flexibility index (Phi) is 7.51. The van der Waals surface area contributed by atoms with Crippen LogP contribution in [0, 0.1) is 5.92 Å². The molecule has 4 rings (SSSR count). The van der Waals surface area contributed by atoms with Crippen molar-refractivity contribution in [3.63, 3.8) is 0 Å². The second-order valence-corrected chi connectivity index (χ2v) is 8.54. The van der Waals surface area contributed by atoms with Gasteiger partial charge in [-0.15, -0.1) is 0 Å². The summed E-state index contributed by atoms with van der Waals surface area (Å²) in [6.07, 6.45) is 5.25. The van der Waals surface area contributed by atoms with Gasteiger partial charge in [-0.1, -0.05) is 54.6 Å². The van der Waals surface area contributed by atoms with E-state index in [1.54, 1.807) is 12.4 Å². The highest BCUT2D eigenvalue weighted by Gasteiger charge is 2.32. The minimum Gasteiger partial charge on any atom is -0.341 e. The van der Waals surface area contributed by atoms with Crippen molar-refractivity contribution in [3.8, 4) is 11.1 Å². The van der Waals surface area contributed by atoms with Crippen LogP contribution in [0.15, 0.2) is 79.1 Å². The Balaban J connectivity index is 1.52. The molecule has 1 atom stereocenters. The van der Waals surface area contributed by atoms with Gasteiger partial charge in [-0.2, -0.15) is 0 Å². The predicted molar refractivity (Wildman–Crippen MR) is 130 cm³/mol. The number of aromatic nitrogens is 1. The van der Waals surface area contributed by atoms with Gasteiger partial charge in [0, 0.05) is 45.0 Å². The van der Waals surface area contributed by atoms with Crippen LogP contribution in [0.3, 0.4) is 0 Å². The molecule has 2 amide bonds. The van der Waals surface area contributed by atoms with E-state index in [2.05, 4.69) is 29.2 Å². The number of likely N-dealkylation sites (N-methyl/N-ethyl adjacent to an activating group) is 1. The predicted octanol–water partition coefficient (Wildman–Crippen LogP) is 4.23. The second kappa shape index (κ2) is 10.9. The maximum atomic E-state index is 13.4. The van der Waals surface area contributed by atoms with Gasteiger partial charge in [-0.05, 0) is 54.2 Å². The van der Waals surface area contributed by atoms with E-state index in [-0.39, 0.29) is 17.7 Å². The van der Waals surface area contributed by atoms with Gasteiger partial charge in [-0.25, -0.2) is 0 Å². The summed E-state index contributed by atoms with van der Waals surface area (Å²) in [7, 11) is 0. The largest absolute Gasteiger partial charge is 0.341 e. The highest BCUT2D eigenvalue weighted by molar-refractivity contribution is 5.83. The van der Waals surface area contributed by atoms with Crippen molar-refractivity contribution in [2.45, 2.75) is 26.2 Å². The third kappa shape index (κ3) is 5.67. The van der Waals surface area contributed by atoms with Gasteiger partial charge in [-0.3, -0.25) is 14.6 Å². The summed E-state index contributed by atoms with van der Waals surface area (Å²) >= 11 is 0. The summed E-state index contributed by atoms with van der Waals surface area (Å²) in [5.41, 5.74) is 4.54. The lowest BCUT2D eigenvalue weighted by Gasteiger charge is -2.24. The number of amides is 2. The minimum atomic E-state index is -0.248. The van der Waals surface area contributed by atoms with E-state index < -0.39 is 0 Å². The molecule has 2 heterocycles. The molecule has 0 unspecified atom stereocenters. The summed E-state index contributed by atoms with van der Waals surface area (Å²) in [5, 5.41) is 0. The van der Waals surface area contributed by atoms with E-state index in [4.69, 9.17) is 0 Å². The summed E-state index contributed by atoms with van der Waals surface area (Å²) in [6.45, 7) is 4.31. The van der Waals surface area contributed by atoms with Gasteiger partial charge >= 0.3 is 0 Å². The van der Waals surface area contributed by atoms with Gasteiger partial charge in [0.15, 0.2) is 0 Å². The summed E-state index contributed by atoms with van der Waals surface area (Å²) < 4.78 is 0. The topological polar surface area (TPSA) is 53.5 Å². The molecule has 1 aliphatic heterocycles. The van der Waals surface area contributed by atoms with Gasteiger partial charge in [0.1, 0.15) is 0 Å². The molecule has 1 aromatic heterocycles. The number of nitrogens with zero attached hydrogens (tertiary/aromatic N) is 3. The first-order valence-corrected chi connectivity index (χ1v) is 11.7. The lowest BCUT2D eigenvalue weighted by molar-refractivity contribution is -0.134. The van der Waals surface area contributed by atoms with E-state index in [9.17, 15) is 9.59 Å². The first-order valence-electron chi connectivity index (χ1n) is 11.7. The fourth-order valence-corrected chi connectivity index (χ4v) is 4.56. The first-order chi connectivity index (χ1) is 16.2. The Labute approximate surface area is 196 Å². The van der Waals surface area contributed by atoms with Crippen LogP contribution in [0.25, 0.3) is 11.1 Å². The highest BCUT2D eigenvalue weighted by Crippen LogP contribution is 2.27. The molecule has 5 nitrogen and oxygen atoms in total. The number of hydrogen-bond donors (Lipinski definition) is 0. The molecule has 1 aliphatic rings. The zero-order valence-electron chi connectivity index (χ0n) is 19.2. The van der Waals surface area contributed by atoms with Crippen molar-refractivity contribution in [2.75, 3.05) is 26.2 Å². The Bertz CT molecular complexity index is 1070. The van der Waals surface area contributed by atoms with Crippen LogP contribution >= 0.6 is 0 Å². The zero-order valence-corrected chi connectivity index (χ0v) is 19.2. The van der Waals surface area contributed by atoms with Crippen LogP contribution in [-0.4, -0.2) is 52.8 Å². The van der Waals surface area contributed by atoms with Crippen LogP contribution in [0.2, 0.25) is 0 Å². The monoisotopic (exact) mass is 441 g/mol. The van der Waals surface area contributed by atoms with E-state index >= 15 is 0 Å². The molecule has 2 aromatic carbocycles. The summed E-state index contributed by atoms with van der Waals surface area (Å²) in [4.78, 5) is 34.3. The van der Waals surface area contributed by atoms with Crippen molar-refractivity contribution in [3.05, 3.63) is 90.3 Å². The standard InChI is InChI=1S/C28H31N3O2/c1-2-30-18-19-31(27(32)13-12-22-14-16-29-17-15-22)21-25(28(30)33)20-24-10-6-7-11-26(24)23-8-4-3-5-9-23/h3-11,14-17,25H,2,12-13,18-21H2,1H3/t25-/m1/s1. The van der Waals surface area contributed by atoms with Crippen molar-refractivity contribution in [2.24, 2.45) is 5.92 Å². The van der Waals surface area contributed by atoms with Crippen LogP contribution in [0.4, 0.5) is 0 Å². The maximum absolute atomic E-state index is 13.4. The van der Waals surface area contributed by atoms with Gasteiger partial charge in [0.05, 0.1) is 5.92 Å². The third-order valence-electron chi connectivity index (χ3n) is 6.42. The molecule has 1 fully saturated rings. The highest BCUT2D eigenvalue weighted by atomic mass is 16.2. The third-order valence-corrected chi connectivity index (χ3v) is 6.42. The molecule has 0 aliphatic carbocycles. The molecule has 0 radical (unpaired) electrons. The number of aryl methyl sites for hydroxylation is 1. The Morgan fingerprint density at radius 2 is 1.70 bits per heavy atom. The molecule has 1 saturated heterocycles. The van der Waals surface area contributed by atoms with Crippen molar-refractivity contribution >= 4 is 11.8 Å². The van der Waals surface area contributed by atoms with Crippen LogP contribution in [-0.2, 0) is 22.4 Å². The lowest BCUT2D eigenvalue weighted by atomic mass is 9.91. The smallest absolute Gasteiger partial charge is 0.227 e. The Morgan fingerprint density at radius 3 is 2.45 bits per heavy atom. The fourth-order valence-electron chi connectivity index (χ4n) is 4.56. The SMILES string of the molecule is CCN1CCN(C(=O)CCc2ccncc2)C[C@@H](Cc2ccccc2-c2ccccc2)C1=O. The molecule has 0 N–H and O–H groups in total. The van der Waals surface area contributed by atoms with E-state index in [1.165, 1.54) is 0 Å². The molecular weight excluding hydrogens is 410 g/mol. The number of rotatable bonds is 7. The van der Waals surface area contributed by atoms with E-state index in [0.29, 0.717) is 45.4 Å². The minimum absolute atomic E-state index is 0.110. The first kappa shape index (κ1) is 22.7. The maximum Gasteiger partial charge on any atom is 0.227 e. The molecule has 0 bridgehead atoms. The van der Waals surface area contributed by atoms with Crippen LogP contribution in [0.5, 0.6) is 0 Å². The number of pyridine rings is 1. The van der Waals surface area contributed by atoms with Gasteiger partial charge in [0.25, 0.3) is 0 Å². The number of hydrogen-bond acceptors (Lipinski definition) is 3. The average Bonchev–Trinajstić information content (AvgIpc) is 3.02. The second-order valence-electron chi connectivity index (χ2n) is 8.54. The van der Waals surface area contributed by atoms with Gasteiger partial charge in [0.2, 0.25) is 11.8 Å². The van der Waals surface area contributed by atoms with E-state index in [1.807, 2.05) is 59.2 Å². The van der Waals surface area contributed by atoms with Crippen molar-refractivity contribution in [1.82, 2.24) is 14.8 Å². The van der Waals surface area contributed by atoms with Gasteiger partial charge < -0.3 is 9.80 Å². The Hall–Kier alpha value is -3.47. The fraction of sp³-hybridized carbons (Fsp3) is 0.321. The number of carbonyl (C=O) groups excluding carboxylic acids is 2.